The average molecular weight is 284 g/mol. The van der Waals surface area contributed by atoms with Crippen LogP contribution in [0.3, 0.4) is 0 Å². The van der Waals surface area contributed by atoms with Gasteiger partial charge in [0, 0.05) is 24.9 Å². The van der Waals surface area contributed by atoms with E-state index in [1.54, 1.807) is 23.9 Å². The molecule has 1 saturated heterocycles. The second-order valence-electron chi connectivity index (χ2n) is 4.72. The molecule has 0 saturated carbocycles. The Kier molecular flexibility index (Phi) is 3.36. The minimum atomic E-state index is -3.36. The zero-order valence-corrected chi connectivity index (χ0v) is 11.6. The number of hydrogen-bond acceptors (Lipinski definition) is 4. The Hall–Kier alpha value is -0.560. The molecule has 1 unspecified atom stereocenters. The fraction of sp³-hybridized carbons (Fsp3) is 0.500. The summed E-state index contributed by atoms with van der Waals surface area (Å²) >= 11 is 1.80. The third kappa shape index (κ3) is 2.42. The van der Waals surface area contributed by atoms with Crippen LogP contribution in [-0.4, -0.2) is 26.0 Å². The van der Waals surface area contributed by atoms with Gasteiger partial charge in [0.15, 0.2) is 0 Å². The van der Waals surface area contributed by atoms with E-state index in [1.807, 2.05) is 6.07 Å². The highest BCUT2D eigenvalue weighted by Gasteiger charge is 2.24. The van der Waals surface area contributed by atoms with Gasteiger partial charge in [-0.05, 0) is 35.4 Å². The molecule has 18 heavy (non-hydrogen) atoms. The number of fused-ring (bicyclic) bond motifs is 1. The maximum atomic E-state index is 12.2. The van der Waals surface area contributed by atoms with Crippen LogP contribution in [0.15, 0.2) is 23.1 Å². The number of nitrogens with one attached hydrogen (secondary N) is 2. The lowest BCUT2D eigenvalue weighted by Crippen LogP contribution is -2.34. The highest BCUT2D eigenvalue weighted by Crippen LogP contribution is 2.22. The molecule has 1 atom stereocenters. The van der Waals surface area contributed by atoms with Crippen LogP contribution in [0.4, 0.5) is 0 Å². The van der Waals surface area contributed by atoms with Crippen molar-refractivity contribution in [2.24, 2.45) is 0 Å². The summed E-state index contributed by atoms with van der Waals surface area (Å²) in [6, 6.07) is 5.50. The molecular formula is C12H16N2O2S2. The van der Waals surface area contributed by atoms with E-state index >= 15 is 0 Å². The molecule has 0 bridgehead atoms. The smallest absolute Gasteiger partial charge is 0.240 e. The summed E-state index contributed by atoms with van der Waals surface area (Å²) in [4.78, 5) is 0.391. The maximum Gasteiger partial charge on any atom is 0.240 e. The van der Waals surface area contributed by atoms with Crippen molar-refractivity contribution in [3.05, 3.63) is 29.3 Å². The first-order valence-corrected chi connectivity index (χ1v) is 8.71. The lowest BCUT2D eigenvalue weighted by molar-refractivity contribution is 0.563. The molecule has 0 radical (unpaired) electrons. The molecule has 3 rings (SSSR count). The van der Waals surface area contributed by atoms with E-state index in [-0.39, 0.29) is 6.04 Å². The van der Waals surface area contributed by atoms with E-state index in [4.69, 9.17) is 0 Å². The molecule has 2 aliphatic rings. The molecule has 1 fully saturated rings. The van der Waals surface area contributed by atoms with Crippen LogP contribution < -0.4 is 10.0 Å². The van der Waals surface area contributed by atoms with Gasteiger partial charge in [-0.25, -0.2) is 13.1 Å². The average Bonchev–Trinajstić information content (AvgIpc) is 2.97. The largest absolute Gasteiger partial charge is 0.309 e. The second kappa shape index (κ2) is 4.85. The van der Waals surface area contributed by atoms with Crippen molar-refractivity contribution >= 4 is 21.8 Å². The molecule has 0 spiro atoms. The Labute approximate surface area is 112 Å². The highest BCUT2D eigenvalue weighted by molar-refractivity contribution is 7.99. The molecule has 0 aliphatic carbocycles. The third-order valence-corrected chi connectivity index (χ3v) is 6.05. The molecule has 2 N–H and O–H groups in total. The van der Waals surface area contributed by atoms with E-state index in [0.717, 1.165) is 36.6 Å². The number of benzene rings is 1. The Morgan fingerprint density at radius 1 is 1.28 bits per heavy atom. The van der Waals surface area contributed by atoms with Crippen molar-refractivity contribution in [1.29, 1.82) is 0 Å². The van der Waals surface area contributed by atoms with Gasteiger partial charge in [0.2, 0.25) is 10.0 Å². The summed E-state index contributed by atoms with van der Waals surface area (Å²) < 4.78 is 27.3. The van der Waals surface area contributed by atoms with E-state index in [2.05, 4.69) is 10.0 Å². The summed E-state index contributed by atoms with van der Waals surface area (Å²) in [5.74, 6) is 1.92. The Bertz CT molecular complexity index is 551. The molecule has 1 aromatic carbocycles. The van der Waals surface area contributed by atoms with Crippen molar-refractivity contribution in [3.8, 4) is 0 Å². The predicted octanol–water partition coefficient (Wildman–Crippen LogP) is 1.07. The molecule has 2 heterocycles. The van der Waals surface area contributed by atoms with Crippen molar-refractivity contribution in [2.75, 3.05) is 11.5 Å². The third-order valence-electron chi connectivity index (χ3n) is 3.37. The Morgan fingerprint density at radius 3 is 2.89 bits per heavy atom. The Balaban J connectivity index is 1.84. The van der Waals surface area contributed by atoms with Crippen LogP contribution in [0.25, 0.3) is 0 Å². The van der Waals surface area contributed by atoms with Crippen LogP contribution in [0.1, 0.15) is 17.5 Å². The van der Waals surface area contributed by atoms with Crippen molar-refractivity contribution in [1.82, 2.24) is 10.0 Å². The normalized spacial score (nSPS) is 23.2. The monoisotopic (exact) mass is 284 g/mol. The Morgan fingerprint density at radius 2 is 2.11 bits per heavy atom. The number of rotatable bonds is 3. The topological polar surface area (TPSA) is 58.2 Å². The second-order valence-corrected chi connectivity index (χ2v) is 7.58. The van der Waals surface area contributed by atoms with E-state index in [0.29, 0.717) is 4.90 Å². The highest BCUT2D eigenvalue weighted by atomic mass is 32.2. The van der Waals surface area contributed by atoms with E-state index in [9.17, 15) is 8.42 Å². The van der Waals surface area contributed by atoms with Gasteiger partial charge in [0.1, 0.15) is 0 Å². The fourth-order valence-electron chi connectivity index (χ4n) is 2.35. The van der Waals surface area contributed by atoms with Gasteiger partial charge < -0.3 is 5.32 Å². The van der Waals surface area contributed by atoms with Gasteiger partial charge >= 0.3 is 0 Å². The first-order valence-electron chi connectivity index (χ1n) is 6.08. The minimum absolute atomic E-state index is 0.0892. The van der Waals surface area contributed by atoms with Crippen molar-refractivity contribution in [3.63, 3.8) is 0 Å². The van der Waals surface area contributed by atoms with Gasteiger partial charge in [-0.2, -0.15) is 11.8 Å². The molecule has 1 aromatic rings. The van der Waals surface area contributed by atoms with Gasteiger partial charge in [0.05, 0.1) is 4.90 Å². The van der Waals surface area contributed by atoms with Gasteiger partial charge in [-0.15, -0.1) is 0 Å². The van der Waals surface area contributed by atoms with Crippen LogP contribution in [0, 0.1) is 0 Å². The molecule has 2 aliphatic heterocycles. The van der Waals surface area contributed by atoms with Crippen LogP contribution in [0.2, 0.25) is 0 Å². The van der Waals surface area contributed by atoms with Crippen molar-refractivity contribution < 1.29 is 8.42 Å². The maximum absolute atomic E-state index is 12.2. The van der Waals surface area contributed by atoms with E-state index < -0.39 is 10.0 Å². The summed E-state index contributed by atoms with van der Waals surface area (Å²) in [7, 11) is -3.36. The molecule has 98 valence electrons. The summed E-state index contributed by atoms with van der Waals surface area (Å²) in [6.45, 7) is 1.60. The predicted molar refractivity (Wildman–Crippen MR) is 73.0 cm³/mol. The quantitative estimate of drug-likeness (QED) is 0.872. The first kappa shape index (κ1) is 12.5. The summed E-state index contributed by atoms with van der Waals surface area (Å²) in [5.41, 5.74) is 2.30. The molecular weight excluding hydrogens is 268 g/mol. The molecule has 0 aromatic heterocycles. The standard InChI is InChI=1S/C12H16N2O2S2/c15-18(16,14-11-3-4-17-8-11)12-2-1-9-6-13-7-10(9)5-12/h1-2,5,11,13-14H,3-4,6-8H2. The van der Waals surface area contributed by atoms with Gasteiger partial charge in [0.25, 0.3) is 0 Å². The zero-order chi connectivity index (χ0) is 12.6. The lowest BCUT2D eigenvalue weighted by Gasteiger charge is -2.12. The zero-order valence-electron chi connectivity index (χ0n) is 9.98. The lowest BCUT2D eigenvalue weighted by atomic mass is 10.1. The summed E-state index contributed by atoms with van der Waals surface area (Å²) in [6.07, 6.45) is 0.927. The van der Waals surface area contributed by atoms with Crippen LogP contribution in [0.5, 0.6) is 0 Å². The fourth-order valence-corrected chi connectivity index (χ4v) is 4.93. The SMILES string of the molecule is O=S(=O)(NC1CCSC1)c1ccc2c(c1)CNC2. The number of hydrogen-bond donors (Lipinski definition) is 2. The minimum Gasteiger partial charge on any atom is -0.309 e. The molecule has 6 heteroatoms. The number of sulfonamides is 1. The van der Waals surface area contributed by atoms with Gasteiger partial charge in [-0.1, -0.05) is 6.07 Å². The van der Waals surface area contributed by atoms with Crippen molar-refractivity contribution in [2.45, 2.75) is 30.4 Å². The van der Waals surface area contributed by atoms with Crippen LogP contribution in [-0.2, 0) is 23.1 Å². The first-order chi connectivity index (χ1) is 8.65. The number of thioether (sulfide) groups is 1. The van der Waals surface area contributed by atoms with Gasteiger partial charge in [-0.3, -0.25) is 0 Å². The summed E-state index contributed by atoms with van der Waals surface area (Å²) in [5, 5.41) is 3.22. The van der Waals surface area contributed by atoms with Crippen LogP contribution >= 0.6 is 11.8 Å². The molecule has 4 nitrogen and oxygen atoms in total. The molecule has 0 amide bonds. The van der Waals surface area contributed by atoms with E-state index in [1.165, 1.54) is 5.56 Å².